The fourth-order valence-corrected chi connectivity index (χ4v) is 3.06. The lowest BCUT2D eigenvalue weighted by atomic mass is 9.99. The van der Waals surface area contributed by atoms with Crippen molar-refractivity contribution in [2.75, 3.05) is 32.2 Å². The van der Waals surface area contributed by atoms with Crippen LogP contribution >= 0.6 is 0 Å². The van der Waals surface area contributed by atoms with Gasteiger partial charge in [0.25, 0.3) is 5.91 Å². The van der Waals surface area contributed by atoms with Crippen molar-refractivity contribution >= 4 is 17.7 Å². The van der Waals surface area contributed by atoms with Gasteiger partial charge in [-0.2, -0.15) is 0 Å². The SMILES string of the molecule is CCOc1ccc(OCC(=O)Nc2ccc3c(c2)CN(C(=O)OC)CC3)cc1. The second-order valence-electron chi connectivity index (χ2n) is 6.37. The molecule has 28 heavy (non-hydrogen) atoms. The third-order valence-corrected chi connectivity index (χ3v) is 4.44. The Morgan fingerprint density at radius 2 is 1.75 bits per heavy atom. The minimum Gasteiger partial charge on any atom is -0.494 e. The van der Waals surface area contributed by atoms with Gasteiger partial charge in [0.1, 0.15) is 11.5 Å². The van der Waals surface area contributed by atoms with E-state index in [-0.39, 0.29) is 18.6 Å². The predicted octanol–water partition coefficient (Wildman–Crippen LogP) is 3.23. The number of methoxy groups -OCH3 is 1. The zero-order valence-corrected chi connectivity index (χ0v) is 16.1. The van der Waals surface area contributed by atoms with Crippen LogP contribution in [0.25, 0.3) is 0 Å². The van der Waals surface area contributed by atoms with Crippen LogP contribution in [0.15, 0.2) is 42.5 Å². The summed E-state index contributed by atoms with van der Waals surface area (Å²) in [6, 6.07) is 12.9. The van der Waals surface area contributed by atoms with Gasteiger partial charge in [-0.3, -0.25) is 4.79 Å². The quantitative estimate of drug-likeness (QED) is 0.827. The van der Waals surface area contributed by atoms with Gasteiger partial charge >= 0.3 is 6.09 Å². The molecule has 2 amide bonds. The largest absolute Gasteiger partial charge is 0.494 e. The highest BCUT2D eigenvalue weighted by Gasteiger charge is 2.21. The monoisotopic (exact) mass is 384 g/mol. The van der Waals surface area contributed by atoms with Crippen LogP contribution in [-0.2, 0) is 22.5 Å². The molecule has 0 fully saturated rings. The van der Waals surface area contributed by atoms with Gasteiger partial charge in [0.15, 0.2) is 6.61 Å². The van der Waals surface area contributed by atoms with Crippen LogP contribution in [0.1, 0.15) is 18.1 Å². The van der Waals surface area contributed by atoms with E-state index in [1.807, 2.05) is 25.1 Å². The number of ether oxygens (including phenoxy) is 3. The van der Waals surface area contributed by atoms with Gasteiger partial charge in [0.05, 0.1) is 13.7 Å². The number of hydrogen-bond acceptors (Lipinski definition) is 5. The number of anilines is 1. The molecule has 0 unspecified atom stereocenters. The molecule has 1 aliphatic heterocycles. The molecule has 0 saturated carbocycles. The van der Waals surface area contributed by atoms with E-state index in [1.54, 1.807) is 29.2 Å². The predicted molar refractivity (Wildman–Crippen MR) is 105 cm³/mol. The van der Waals surface area contributed by atoms with Gasteiger partial charge in [-0.05, 0) is 60.9 Å². The average Bonchev–Trinajstić information content (AvgIpc) is 2.72. The molecule has 2 aromatic rings. The van der Waals surface area contributed by atoms with Gasteiger partial charge in [-0.15, -0.1) is 0 Å². The number of hydrogen-bond donors (Lipinski definition) is 1. The fraction of sp³-hybridized carbons (Fsp3) is 0.333. The van der Waals surface area contributed by atoms with Gasteiger partial charge in [0.2, 0.25) is 0 Å². The molecule has 1 N–H and O–H groups in total. The first-order valence-electron chi connectivity index (χ1n) is 9.19. The second kappa shape index (κ2) is 9.12. The number of benzene rings is 2. The molecule has 3 rings (SSSR count). The number of amides is 2. The Morgan fingerprint density at radius 3 is 2.43 bits per heavy atom. The van der Waals surface area contributed by atoms with Crippen LogP contribution < -0.4 is 14.8 Å². The molecule has 0 bridgehead atoms. The Balaban J connectivity index is 1.55. The molecule has 1 heterocycles. The van der Waals surface area contributed by atoms with Crippen molar-refractivity contribution in [3.05, 3.63) is 53.6 Å². The maximum Gasteiger partial charge on any atom is 0.409 e. The van der Waals surface area contributed by atoms with E-state index in [9.17, 15) is 9.59 Å². The molecule has 7 nitrogen and oxygen atoms in total. The van der Waals surface area contributed by atoms with Crippen LogP contribution in [0.2, 0.25) is 0 Å². The Morgan fingerprint density at radius 1 is 1.04 bits per heavy atom. The summed E-state index contributed by atoms with van der Waals surface area (Å²) in [5, 5.41) is 2.83. The van der Waals surface area contributed by atoms with Crippen molar-refractivity contribution in [1.29, 1.82) is 0 Å². The van der Waals surface area contributed by atoms with Crippen LogP contribution in [-0.4, -0.2) is 43.8 Å². The standard InChI is InChI=1S/C21H24N2O5/c1-3-27-18-6-8-19(9-7-18)28-14-20(24)22-17-5-4-15-10-11-23(21(25)26-2)13-16(15)12-17/h4-9,12H,3,10-11,13-14H2,1-2H3,(H,22,24). The Kier molecular flexibility index (Phi) is 6.37. The summed E-state index contributed by atoms with van der Waals surface area (Å²) in [5.74, 6) is 1.10. The van der Waals surface area contributed by atoms with Crippen molar-refractivity contribution in [2.45, 2.75) is 19.9 Å². The van der Waals surface area contributed by atoms with Gasteiger partial charge < -0.3 is 24.4 Å². The number of nitrogens with one attached hydrogen (secondary N) is 1. The fourth-order valence-electron chi connectivity index (χ4n) is 3.06. The first kappa shape index (κ1) is 19.5. The van der Waals surface area contributed by atoms with Crippen molar-refractivity contribution in [3.8, 4) is 11.5 Å². The lowest BCUT2D eigenvalue weighted by molar-refractivity contribution is -0.118. The minimum atomic E-state index is -0.344. The summed E-state index contributed by atoms with van der Waals surface area (Å²) in [6.45, 7) is 3.51. The molecular weight excluding hydrogens is 360 g/mol. The summed E-state index contributed by atoms with van der Waals surface area (Å²) in [6.07, 6.45) is 0.420. The Labute approximate surface area is 164 Å². The minimum absolute atomic E-state index is 0.0979. The van der Waals surface area contributed by atoms with E-state index in [0.717, 1.165) is 17.7 Å². The van der Waals surface area contributed by atoms with E-state index in [4.69, 9.17) is 14.2 Å². The third kappa shape index (κ3) is 4.94. The molecule has 1 aliphatic rings. The normalized spacial score (nSPS) is 12.7. The van der Waals surface area contributed by atoms with Crippen molar-refractivity contribution in [1.82, 2.24) is 4.90 Å². The van der Waals surface area contributed by atoms with E-state index < -0.39 is 0 Å². The molecule has 0 aliphatic carbocycles. The third-order valence-electron chi connectivity index (χ3n) is 4.44. The Hall–Kier alpha value is -3.22. The molecule has 0 radical (unpaired) electrons. The summed E-state index contributed by atoms with van der Waals surface area (Å²) >= 11 is 0. The topological polar surface area (TPSA) is 77.1 Å². The molecule has 148 valence electrons. The maximum absolute atomic E-state index is 12.2. The summed E-state index contributed by atoms with van der Waals surface area (Å²) in [5.41, 5.74) is 2.84. The number of nitrogens with zero attached hydrogens (tertiary/aromatic N) is 1. The molecule has 0 spiro atoms. The van der Waals surface area contributed by atoms with E-state index in [0.29, 0.717) is 31.1 Å². The van der Waals surface area contributed by atoms with Gasteiger partial charge in [-0.1, -0.05) is 6.07 Å². The maximum atomic E-state index is 12.2. The molecule has 7 heteroatoms. The lowest BCUT2D eigenvalue weighted by Crippen LogP contribution is -2.35. The van der Waals surface area contributed by atoms with Crippen molar-refractivity contribution < 1.29 is 23.8 Å². The summed E-state index contributed by atoms with van der Waals surface area (Å²) in [7, 11) is 1.37. The summed E-state index contributed by atoms with van der Waals surface area (Å²) in [4.78, 5) is 25.6. The summed E-state index contributed by atoms with van der Waals surface area (Å²) < 4.78 is 15.7. The van der Waals surface area contributed by atoms with E-state index >= 15 is 0 Å². The van der Waals surface area contributed by atoms with Crippen molar-refractivity contribution in [3.63, 3.8) is 0 Å². The first-order chi connectivity index (χ1) is 13.6. The number of fused-ring (bicyclic) bond motifs is 1. The second-order valence-corrected chi connectivity index (χ2v) is 6.37. The lowest BCUT2D eigenvalue weighted by Gasteiger charge is -2.28. The van der Waals surface area contributed by atoms with Gasteiger partial charge in [0, 0.05) is 18.8 Å². The molecule has 0 saturated heterocycles. The van der Waals surface area contributed by atoms with Crippen LogP contribution in [0.3, 0.4) is 0 Å². The van der Waals surface area contributed by atoms with E-state index in [2.05, 4.69) is 5.32 Å². The average molecular weight is 384 g/mol. The highest BCUT2D eigenvalue weighted by molar-refractivity contribution is 5.92. The zero-order chi connectivity index (χ0) is 19.9. The smallest absolute Gasteiger partial charge is 0.409 e. The highest BCUT2D eigenvalue weighted by atomic mass is 16.5. The van der Waals surface area contributed by atoms with Crippen LogP contribution in [0.5, 0.6) is 11.5 Å². The van der Waals surface area contributed by atoms with Gasteiger partial charge in [-0.25, -0.2) is 4.79 Å². The zero-order valence-electron chi connectivity index (χ0n) is 16.1. The Bertz CT molecular complexity index is 835. The number of carbonyl (C=O) groups excluding carboxylic acids is 2. The van der Waals surface area contributed by atoms with Crippen LogP contribution in [0.4, 0.5) is 10.5 Å². The van der Waals surface area contributed by atoms with Crippen molar-refractivity contribution in [2.24, 2.45) is 0 Å². The highest BCUT2D eigenvalue weighted by Crippen LogP contribution is 2.23. The van der Waals surface area contributed by atoms with Crippen LogP contribution in [0, 0.1) is 0 Å². The first-order valence-corrected chi connectivity index (χ1v) is 9.19. The molecule has 0 atom stereocenters. The molecule has 2 aromatic carbocycles. The van der Waals surface area contributed by atoms with E-state index in [1.165, 1.54) is 12.7 Å². The number of rotatable bonds is 6. The molecular formula is C21H24N2O5. The number of carbonyl (C=O) groups is 2. The molecule has 0 aromatic heterocycles.